The number of carbonyl (C=O) groups excluding carboxylic acids is 2. The van der Waals surface area contributed by atoms with Gasteiger partial charge in [0.2, 0.25) is 11.8 Å². The lowest BCUT2D eigenvalue weighted by atomic mass is 9.94. The summed E-state index contributed by atoms with van der Waals surface area (Å²) in [5, 5.41) is 3.18. The van der Waals surface area contributed by atoms with Crippen LogP contribution < -0.4 is 19.1 Å². The largest absolute Gasteiger partial charge is 0.493 e. The molecular weight excluding hydrogens is 645 g/mol. The fourth-order valence-electron chi connectivity index (χ4n) is 6.11. The van der Waals surface area contributed by atoms with Gasteiger partial charge in [0.25, 0.3) is 10.0 Å². The summed E-state index contributed by atoms with van der Waals surface area (Å²) in [4.78, 5) is 30.3. The summed E-state index contributed by atoms with van der Waals surface area (Å²) in [5.74, 6) is -0.716. The number of anilines is 1. The van der Waals surface area contributed by atoms with Crippen LogP contribution in [0.3, 0.4) is 0 Å². The number of amides is 2. The van der Waals surface area contributed by atoms with Gasteiger partial charge in [0.15, 0.2) is 11.5 Å². The zero-order valence-electron chi connectivity index (χ0n) is 27.8. The van der Waals surface area contributed by atoms with Crippen LogP contribution in [0.25, 0.3) is 0 Å². The number of nitrogens with zero attached hydrogens (tertiary/aromatic N) is 2. The first-order valence-corrected chi connectivity index (χ1v) is 17.8. The van der Waals surface area contributed by atoms with Crippen LogP contribution in [0.5, 0.6) is 11.5 Å². The molecule has 11 heteroatoms. The lowest BCUT2D eigenvalue weighted by Gasteiger charge is -2.35. The maximum atomic E-state index is 14.7. The minimum Gasteiger partial charge on any atom is -0.493 e. The van der Waals surface area contributed by atoms with Crippen molar-refractivity contribution in [3.63, 3.8) is 0 Å². The number of carbonyl (C=O) groups is 2. The van der Waals surface area contributed by atoms with Gasteiger partial charge in [0.05, 0.1) is 24.8 Å². The van der Waals surface area contributed by atoms with E-state index in [2.05, 4.69) is 5.32 Å². The van der Waals surface area contributed by atoms with Crippen LogP contribution in [0.1, 0.15) is 43.2 Å². The normalized spacial score (nSPS) is 14.0. The zero-order valence-corrected chi connectivity index (χ0v) is 28.6. The van der Waals surface area contributed by atoms with Gasteiger partial charge in [-0.3, -0.25) is 13.9 Å². The van der Waals surface area contributed by atoms with E-state index in [4.69, 9.17) is 9.47 Å². The van der Waals surface area contributed by atoms with E-state index in [-0.39, 0.29) is 41.2 Å². The van der Waals surface area contributed by atoms with Crippen molar-refractivity contribution >= 4 is 27.5 Å². The second kappa shape index (κ2) is 16.5. The molecule has 0 spiro atoms. The molecule has 2 amide bonds. The van der Waals surface area contributed by atoms with Gasteiger partial charge in [0.1, 0.15) is 18.4 Å². The minimum absolute atomic E-state index is 0.0152. The van der Waals surface area contributed by atoms with Crippen molar-refractivity contribution in [2.75, 3.05) is 25.1 Å². The van der Waals surface area contributed by atoms with Gasteiger partial charge in [-0.25, -0.2) is 12.8 Å². The molecule has 1 saturated carbocycles. The van der Waals surface area contributed by atoms with Crippen LogP contribution in [0, 0.1) is 5.82 Å². The number of methoxy groups -OCH3 is 2. The third kappa shape index (κ3) is 8.97. The number of hydrogen-bond donors (Lipinski definition) is 1. The minimum atomic E-state index is -4.29. The number of rotatable bonds is 14. The van der Waals surface area contributed by atoms with Crippen molar-refractivity contribution in [3.05, 3.63) is 120 Å². The molecule has 1 unspecified atom stereocenters. The summed E-state index contributed by atoms with van der Waals surface area (Å²) in [6.45, 7) is -0.685. The van der Waals surface area contributed by atoms with Crippen molar-refractivity contribution < 1.29 is 31.9 Å². The lowest BCUT2D eigenvalue weighted by Crippen LogP contribution is -2.55. The average molecular weight is 688 g/mol. The molecule has 49 heavy (non-hydrogen) atoms. The summed E-state index contributed by atoms with van der Waals surface area (Å²) >= 11 is 0. The van der Waals surface area contributed by atoms with E-state index in [1.807, 2.05) is 30.3 Å². The van der Waals surface area contributed by atoms with Crippen LogP contribution >= 0.6 is 0 Å². The monoisotopic (exact) mass is 687 g/mol. The fourth-order valence-corrected chi connectivity index (χ4v) is 7.54. The molecule has 9 nitrogen and oxygen atoms in total. The molecule has 0 heterocycles. The number of hydrogen-bond acceptors (Lipinski definition) is 6. The maximum absolute atomic E-state index is 14.7. The third-order valence-corrected chi connectivity index (χ3v) is 10.5. The Hall–Kier alpha value is -4.90. The Morgan fingerprint density at radius 2 is 1.45 bits per heavy atom. The second-order valence-corrected chi connectivity index (χ2v) is 13.9. The Kier molecular flexibility index (Phi) is 11.9. The molecule has 0 aromatic heterocycles. The molecule has 4 aromatic carbocycles. The highest BCUT2D eigenvalue weighted by molar-refractivity contribution is 7.92. The highest BCUT2D eigenvalue weighted by atomic mass is 32.2. The first-order chi connectivity index (χ1) is 23.7. The summed E-state index contributed by atoms with van der Waals surface area (Å²) in [5.41, 5.74) is 1.58. The highest BCUT2D eigenvalue weighted by Crippen LogP contribution is 2.34. The summed E-state index contributed by atoms with van der Waals surface area (Å²) in [6.07, 6.45) is 5.00. The van der Waals surface area contributed by atoms with Crippen LogP contribution in [0.15, 0.2) is 108 Å². The van der Waals surface area contributed by atoms with Gasteiger partial charge in [-0.2, -0.15) is 0 Å². The van der Waals surface area contributed by atoms with Crippen molar-refractivity contribution in [2.45, 2.75) is 62.0 Å². The fraction of sp³-hybridized carbons (Fsp3) is 0.316. The number of benzene rings is 4. The van der Waals surface area contributed by atoms with E-state index in [9.17, 15) is 22.4 Å². The van der Waals surface area contributed by atoms with Crippen LogP contribution in [-0.4, -0.2) is 58.0 Å². The first-order valence-electron chi connectivity index (χ1n) is 16.4. The quantitative estimate of drug-likeness (QED) is 0.171. The molecule has 0 radical (unpaired) electrons. The Bertz CT molecular complexity index is 1800. The van der Waals surface area contributed by atoms with E-state index in [1.54, 1.807) is 36.4 Å². The second-order valence-electron chi connectivity index (χ2n) is 12.1. The molecule has 4 aromatic rings. The predicted molar refractivity (Wildman–Crippen MR) is 186 cm³/mol. The Balaban J connectivity index is 1.58. The molecule has 5 rings (SSSR count). The van der Waals surface area contributed by atoms with Gasteiger partial charge < -0.3 is 19.7 Å². The van der Waals surface area contributed by atoms with Gasteiger partial charge in [-0.15, -0.1) is 0 Å². The van der Waals surface area contributed by atoms with Crippen molar-refractivity contribution in [2.24, 2.45) is 0 Å². The molecule has 1 N–H and O–H groups in total. The highest BCUT2D eigenvalue weighted by Gasteiger charge is 2.35. The van der Waals surface area contributed by atoms with E-state index in [1.165, 1.54) is 55.5 Å². The van der Waals surface area contributed by atoms with E-state index in [0.29, 0.717) is 11.3 Å². The molecule has 0 saturated heterocycles. The zero-order chi connectivity index (χ0) is 34.8. The van der Waals surface area contributed by atoms with Crippen LogP contribution in [0.2, 0.25) is 0 Å². The van der Waals surface area contributed by atoms with E-state index < -0.39 is 34.3 Å². The van der Waals surface area contributed by atoms with Crippen molar-refractivity contribution in [3.8, 4) is 11.5 Å². The molecule has 258 valence electrons. The summed E-state index contributed by atoms with van der Waals surface area (Å²) in [6, 6.07) is 26.5. The lowest BCUT2D eigenvalue weighted by molar-refractivity contribution is -0.140. The topological polar surface area (TPSA) is 105 Å². The predicted octanol–water partition coefficient (Wildman–Crippen LogP) is 6.13. The average Bonchev–Trinajstić information content (AvgIpc) is 3.13. The molecular formula is C38H42FN3O6S. The van der Waals surface area contributed by atoms with E-state index >= 15 is 0 Å². The van der Waals surface area contributed by atoms with Crippen molar-refractivity contribution in [1.29, 1.82) is 0 Å². The van der Waals surface area contributed by atoms with Crippen LogP contribution in [-0.2, 0) is 32.6 Å². The van der Waals surface area contributed by atoms with Gasteiger partial charge >= 0.3 is 0 Å². The number of nitrogens with one attached hydrogen (secondary N) is 1. The van der Waals surface area contributed by atoms with Gasteiger partial charge in [-0.05, 0) is 60.4 Å². The molecule has 1 aliphatic rings. The van der Waals surface area contributed by atoms with Gasteiger partial charge in [0, 0.05) is 25.1 Å². The molecule has 1 fully saturated rings. The van der Waals surface area contributed by atoms with Gasteiger partial charge in [-0.1, -0.05) is 79.9 Å². The Labute approximate surface area is 287 Å². The Morgan fingerprint density at radius 1 is 0.816 bits per heavy atom. The standard InChI is InChI=1S/C38H42FN3O6S/c1-47-35-23-22-32(25-36(35)48-2)42(49(45,46)33-16-10-5-11-17-33)27-37(43)41(26-29-18-20-30(39)21-19-29)34(24-28-12-6-3-7-13-28)38(44)40-31-14-8-4-9-15-31/h3,5-7,10-13,16-23,25,31,34H,4,8-9,14-15,24,26-27H2,1-2H3,(H,40,44). The molecule has 0 bridgehead atoms. The summed E-state index contributed by atoms with van der Waals surface area (Å²) < 4.78 is 54.3. The molecule has 0 aliphatic heterocycles. The van der Waals surface area contributed by atoms with E-state index in [0.717, 1.165) is 42.0 Å². The number of halogens is 1. The number of sulfonamides is 1. The maximum Gasteiger partial charge on any atom is 0.264 e. The Morgan fingerprint density at radius 3 is 2.08 bits per heavy atom. The van der Waals surface area contributed by atoms with Crippen molar-refractivity contribution in [1.82, 2.24) is 10.2 Å². The molecule has 1 atom stereocenters. The summed E-state index contributed by atoms with van der Waals surface area (Å²) in [7, 11) is -1.39. The molecule has 1 aliphatic carbocycles. The third-order valence-electron chi connectivity index (χ3n) is 8.75. The SMILES string of the molecule is COc1ccc(N(CC(=O)N(Cc2ccc(F)cc2)C(Cc2ccccc2)C(=O)NC2CCCCC2)S(=O)(=O)c2ccccc2)cc1OC. The first kappa shape index (κ1) is 35.4. The van der Waals surface area contributed by atoms with Crippen LogP contribution in [0.4, 0.5) is 10.1 Å². The smallest absolute Gasteiger partial charge is 0.264 e. The number of ether oxygens (including phenoxy) is 2.